The van der Waals surface area contributed by atoms with Gasteiger partial charge in [0.15, 0.2) is 6.10 Å². The van der Waals surface area contributed by atoms with E-state index in [1.165, 1.54) is 4.90 Å². The van der Waals surface area contributed by atoms with E-state index in [0.29, 0.717) is 18.0 Å². The Morgan fingerprint density at radius 3 is 2.90 bits per heavy atom. The topological polar surface area (TPSA) is 80.8 Å². The van der Waals surface area contributed by atoms with E-state index >= 15 is 0 Å². The molecule has 2 atom stereocenters. The molecule has 3 heterocycles. The lowest BCUT2D eigenvalue weighted by Crippen LogP contribution is -2.49. The van der Waals surface area contributed by atoms with Crippen molar-refractivity contribution in [3.63, 3.8) is 0 Å². The van der Waals surface area contributed by atoms with Crippen molar-refractivity contribution in [1.82, 2.24) is 10.3 Å². The van der Waals surface area contributed by atoms with Crippen LogP contribution >= 0.6 is 11.3 Å². The molecule has 8 heteroatoms. The number of fused-ring (bicyclic) bond motifs is 1. The van der Waals surface area contributed by atoms with Gasteiger partial charge in [0.2, 0.25) is 5.91 Å². The molecule has 1 aromatic carbocycles. The van der Waals surface area contributed by atoms with Crippen LogP contribution in [0.5, 0.6) is 5.75 Å². The molecule has 1 N–H and O–H groups in total. The Bertz CT molecular complexity index is 936. The van der Waals surface area contributed by atoms with Gasteiger partial charge in [-0.3, -0.25) is 14.5 Å². The zero-order valence-corrected chi connectivity index (χ0v) is 17.7. The van der Waals surface area contributed by atoms with Crippen molar-refractivity contribution in [1.29, 1.82) is 0 Å². The van der Waals surface area contributed by atoms with E-state index in [4.69, 9.17) is 9.47 Å². The third-order valence-electron chi connectivity index (χ3n) is 5.20. The summed E-state index contributed by atoms with van der Waals surface area (Å²) in [6, 6.07) is 5.67. The van der Waals surface area contributed by atoms with Crippen LogP contribution in [-0.2, 0) is 14.3 Å². The third kappa shape index (κ3) is 4.13. The van der Waals surface area contributed by atoms with Crippen molar-refractivity contribution in [2.45, 2.75) is 45.8 Å². The minimum Gasteiger partial charge on any atom is -0.479 e. The molecule has 0 aliphatic carbocycles. The summed E-state index contributed by atoms with van der Waals surface area (Å²) in [4.78, 5) is 32.5. The predicted molar refractivity (Wildman–Crippen MR) is 111 cm³/mol. The number of carbonyl (C=O) groups is 2. The average Bonchev–Trinajstić information content (AvgIpc) is 3.32. The quantitative estimate of drug-likeness (QED) is 0.812. The molecule has 154 valence electrons. The second kappa shape index (κ2) is 8.12. The average molecular weight is 416 g/mol. The molecule has 2 aromatic rings. The van der Waals surface area contributed by atoms with Gasteiger partial charge in [0, 0.05) is 23.6 Å². The summed E-state index contributed by atoms with van der Waals surface area (Å²) in [7, 11) is 0. The summed E-state index contributed by atoms with van der Waals surface area (Å²) in [6.45, 7) is 6.86. The van der Waals surface area contributed by atoms with Gasteiger partial charge in [0.25, 0.3) is 5.91 Å². The first kappa shape index (κ1) is 19.8. The van der Waals surface area contributed by atoms with Gasteiger partial charge in [0.1, 0.15) is 12.3 Å². The first-order chi connectivity index (χ1) is 13.9. The molecule has 0 radical (unpaired) electrons. The van der Waals surface area contributed by atoms with E-state index in [1.807, 2.05) is 32.0 Å². The van der Waals surface area contributed by atoms with Crippen molar-refractivity contribution < 1.29 is 19.1 Å². The lowest BCUT2D eigenvalue weighted by atomic mass is 10.1. The highest BCUT2D eigenvalue weighted by Gasteiger charge is 2.33. The molecular formula is C21H25N3O4S. The molecule has 0 bridgehead atoms. The Labute approximate surface area is 174 Å². The number of thiazole rings is 1. The zero-order valence-electron chi connectivity index (χ0n) is 16.9. The first-order valence-corrected chi connectivity index (χ1v) is 10.7. The van der Waals surface area contributed by atoms with Gasteiger partial charge in [-0.05, 0) is 51.8 Å². The van der Waals surface area contributed by atoms with E-state index in [0.717, 1.165) is 40.6 Å². The van der Waals surface area contributed by atoms with Crippen LogP contribution in [0.15, 0.2) is 18.2 Å². The molecular weight excluding hydrogens is 390 g/mol. The molecule has 1 fully saturated rings. The fourth-order valence-electron chi connectivity index (χ4n) is 3.75. The number of aromatic nitrogens is 1. The minimum atomic E-state index is -0.637. The fourth-order valence-corrected chi connectivity index (χ4v) is 4.59. The number of amides is 2. The highest BCUT2D eigenvalue weighted by Crippen LogP contribution is 2.38. The SMILES string of the molecule is Cc1nc(-c2ccc3c(c2)N(CC(=O)NCC2CCCO2)C(=O)C(C)O3)c(C)s1. The van der Waals surface area contributed by atoms with Gasteiger partial charge in [-0.2, -0.15) is 0 Å². The Balaban J connectivity index is 1.57. The highest BCUT2D eigenvalue weighted by molar-refractivity contribution is 7.11. The molecule has 2 amide bonds. The summed E-state index contributed by atoms with van der Waals surface area (Å²) in [6.07, 6.45) is 1.40. The minimum absolute atomic E-state index is 0.0508. The van der Waals surface area contributed by atoms with Crippen molar-refractivity contribution in [2.75, 3.05) is 24.6 Å². The molecule has 2 aliphatic rings. The maximum Gasteiger partial charge on any atom is 0.268 e. The van der Waals surface area contributed by atoms with Gasteiger partial charge in [-0.15, -0.1) is 11.3 Å². The number of hydrogen-bond donors (Lipinski definition) is 1. The molecule has 2 aliphatic heterocycles. The standard InChI is InChI=1S/C21H25N3O4S/c1-12-21(26)24(11-19(25)22-10-16-5-4-8-27-16)17-9-15(6-7-18(17)28-12)20-13(2)29-14(3)23-20/h6-7,9,12,16H,4-5,8,10-11H2,1-3H3,(H,22,25). The fraction of sp³-hybridized carbons (Fsp3) is 0.476. The summed E-state index contributed by atoms with van der Waals surface area (Å²) in [5, 5.41) is 3.88. The number of carbonyl (C=O) groups excluding carboxylic acids is 2. The smallest absolute Gasteiger partial charge is 0.268 e. The van der Waals surface area contributed by atoms with Crippen LogP contribution in [0.4, 0.5) is 5.69 Å². The van der Waals surface area contributed by atoms with Crippen molar-refractivity contribution in [3.05, 3.63) is 28.1 Å². The van der Waals surface area contributed by atoms with Crippen molar-refractivity contribution >= 4 is 28.8 Å². The molecule has 0 saturated carbocycles. The van der Waals surface area contributed by atoms with E-state index in [9.17, 15) is 9.59 Å². The number of nitrogens with zero attached hydrogens (tertiary/aromatic N) is 2. The number of nitrogens with one attached hydrogen (secondary N) is 1. The summed E-state index contributed by atoms with van der Waals surface area (Å²) < 4.78 is 11.3. The van der Waals surface area contributed by atoms with Gasteiger partial charge < -0.3 is 14.8 Å². The first-order valence-electron chi connectivity index (χ1n) is 9.87. The predicted octanol–water partition coefficient (Wildman–Crippen LogP) is 2.84. The lowest BCUT2D eigenvalue weighted by molar-refractivity contribution is -0.128. The van der Waals surface area contributed by atoms with E-state index in [2.05, 4.69) is 10.3 Å². The van der Waals surface area contributed by atoms with Gasteiger partial charge in [-0.25, -0.2) is 4.98 Å². The van der Waals surface area contributed by atoms with E-state index in [-0.39, 0.29) is 24.5 Å². The summed E-state index contributed by atoms with van der Waals surface area (Å²) >= 11 is 1.63. The van der Waals surface area contributed by atoms with Crippen LogP contribution in [0.3, 0.4) is 0 Å². The zero-order chi connectivity index (χ0) is 20.5. The second-order valence-electron chi connectivity index (χ2n) is 7.44. The van der Waals surface area contributed by atoms with Crippen LogP contribution in [0.25, 0.3) is 11.3 Å². The Hall–Kier alpha value is -2.45. The molecule has 1 aromatic heterocycles. The van der Waals surface area contributed by atoms with E-state index in [1.54, 1.807) is 18.3 Å². The number of hydrogen-bond acceptors (Lipinski definition) is 6. The molecule has 1 saturated heterocycles. The van der Waals surface area contributed by atoms with Crippen molar-refractivity contribution in [2.24, 2.45) is 0 Å². The molecule has 29 heavy (non-hydrogen) atoms. The largest absolute Gasteiger partial charge is 0.479 e. The Morgan fingerprint density at radius 2 is 2.21 bits per heavy atom. The number of rotatable bonds is 5. The molecule has 2 unspecified atom stereocenters. The third-order valence-corrected chi connectivity index (χ3v) is 6.08. The molecule has 7 nitrogen and oxygen atoms in total. The van der Waals surface area contributed by atoms with Crippen LogP contribution in [0.2, 0.25) is 0 Å². The van der Waals surface area contributed by atoms with Gasteiger partial charge >= 0.3 is 0 Å². The number of benzene rings is 1. The van der Waals surface area contributed by atoms with Crippen LogP contribution in [0.1, 0.15) is 29.7 Å². The lowest BCUT2D eigenvalue weighted by Gasteiger charge is -2.33. The number of aryl methyl sites for hydroxylation is 2. The Morgan fingerprint density at radius 1 is 1.38 bits per heavy atom. The van der Waals surface area contributed by atoms with Gasteiger partial charge in [0.05, 0.1) is 22.5 Å². The summed E-state index contributed by atoms with van der Waals surface area (Å²) in [5.41, 5.74) is 2.40. The van der Waals surface area contributed by atoms with E-state index < -0.39 is 6.10 Å². The maximum absolute atomic E-state index is 12.8. The maximum atomic E-state index is 12.8. The van der Waals surface area contributed by atoms with Crippen LogP contribution in [-0.4, -0.2) is 48.7 Å². The normalized spacial score (nSPS) is 21.1. The van der Waals surface area contributed by atoms with Gasteiger partial charge in [-0.1, -0.05) is 0 Å². The van der Waals surface area contributed by atoms with Crippen LogP contribution in [0, 0.1) is 13.8 Å². The number of ether oxygens (including phenoxy) is 2. The summed E-state index contributed by atoms with van der Waals surface area (Å²) in [5.74, 6) is 0.158. The van der Waals surface area contributed by atoms with Crippen molar-refractivity contribution in [3.8, 4) is 17.0 Å². The molecule has 4 rings (SSSR count). The monoisotopic (exact) mass is 415 g/mol. The van der Waals surface area contributed by atoms with Crippen LogP contribution < -0.4 is 15.0 Å². The second-order valence-corrected chi connectivity index (χ2v) is 8.85. The Kier molecular flexibility index (Phi) is 5.56. The number of anilines is 1. The molecule has 0 spiro atoms. The highest BCUT2D eigenvalue weighted by atomic mass is 32.1.